The number of para-hydroxylation sites is 1. The van der Waals surface area contributed by atoms with Crippen LogP contribution < -0.4 is 5.32 Å². The number of anilines is 1. The molecule has 0 saturated carbocycles. The van der Waals surface area contributed by atoms with Crippen LogP contribution in [-0.2, 0) is 19.7 Å². The molecule has 0 aliphatic carbocycles. The molecule has 0 fully saturated rings. The first-order valence-electron chi connectivity index (χ1n) is 4.91. The lowest BCUT2D eigenvalue weighted by Gasteiger charge is -2.26. The van der Waals surface area contributed by atoms with Crippen molar-refractivity contribution in [3.63, 3.8) is 0 Å². The number of nitrogens with one attached hydrogen (secondary N) is 1. The Hall–Kier alpha value is -2.05. The fourth-order valence-electron chi connectivity index (χ4n) is 2.01. The van der Waals surface area contributed by atoms with Crippen LogP contribution in [0, 0.1) is 0 Å². The number of benzene rings is 1. The Balaban J connectivity index is 2.76. The summed E-state index contributed by atoms with van der Waals surface area (Å²) in [7, 11) is 0.810. The average Bonchev–Trinajstić information content (AvgIpc) is 2.60. The van der Waals surface area contributed by atoms with E-state index >= 15 is 0 Å². The molecule has 1 aliphatic heterocycles. The molecule has 0 radical (unpaired) electrons. The lowest BCUT2D eigenvalue weighted by Crippen LogP contribution is -2.54. The molecule has 1 N–H and O–H groups in total. The van der Waals surface area contributed by atoms with Gasteiger partial charge in [-0.3, -0.25) is 9.59 Å². The fourth-order valence-corrected chi connectivity index (χ4v) is 2.01. The number of halogens is 3. The van der Waals surface area contributed by atoms with Crippen molar-refractivity contribution >= 4 is 17.6 Å². The topological polar surface area (TPSA) is 55.4 Å². The first kappa shape index (κ1) is 12.4. The molecule has 0 saturated heterocycles. The monoisotopic (exact) mass is 259 g/mol. The molecule has 1 amide bonds. The Morgan fingerprint density at radius 2 is 1.94 bits per heavy atom. The van der Waals surface area contributed by atoms with Crippen molar-refractivity contribution < 1.29 is 27.5 Å². The maximum Gasteiger partial charge on any atom is 0.417 e. The van der Waals surface area contributed by atoms with Crippen LogP contribution >= 0.6 is 0 Å². The molecule has 1 atom stereocenters. The maximum atomic E-state index is 13.2. The molecule has 1 aromatic carbocycles. The molecule has 1 aromatic rings. The van der Waals surface area contributed by atoms with E-state index in [1.807, 2.05) is 0 Å². The minimum atomic E-state index is -5.07. The minimum absolute atomic E-state index is 0.0368. The van der Waals surface area contributed by atoms with Crippen LogP contribution in [0.15, 0.2) is 24.3 Å². The van der Waals surface area contributed by atoms with Crippen molar-refractivity contribution in [1.29, 1.82) is 0 Å². The zero-order chi connectivity index (χ0) is 13.6. The number of ether oxygens (including phenoxy) is 1. The van der Waals surface area contributed by atoms with E-state index in [0.717, 1.165) is 13.2 Å². The van der Waals surface area contributed by atoms with Crippen LogP contribution in [0.2, 0.25) is 0 Å². The predicted molar refractivity (Wildman–Crippen MR) is 54.8 cm³/mol. The van der Waals surface area contributed by atoms with Crippen LogP contribution in [0.4, 0.5) is 18.9 Å². The maximum absolute atomic E-state index is 13.2. The molecule has 1 unspecified atom stereocenters. The second-order valence-corrected chi connectivity index (χ2v) is 3.74. The summed E-state index contributed by atoms with van der Waals surface area (Å²) in [5, 5.41) is 2.05. The Bertz CT molecular complexity index is 517. The number of fused-ring (bicyclic) bond motifs is 1. The van der Waals surface area contributed by atoms with Gasteiger partial charge in [0.15, 0.2) is 0 Å². The lowest BCUT2D eigenvalue weighted by atomic mass is 9.81. The van der Waals surface area contributed by atoms with E-state index < -0.39 is 29.0 Å². The van der Waals surface area contributed by atoms with E-state index in [-0.39, 0.29) is 5.69 Å². The van der Waals surface area contributed by atoms with Gasteiger partial charge in [0, 0.05) is 11.3 Å². The number of esters is 1. The van der Waals surface area contributed by atoms with Crippen molar-refractivity contribution in [2.45, 2.75) is 11.6 Å². The normalized spacial score (nSPS) is 22.3. The summed E-state index contributed by atoms with van der Waals surface area (Å²) in [5.74, 6) is -3.08. The largest absolute Gasteiger partial charge is 0.468 e. The van der Waals surface area contributed by atoms with Gasteiger partial charge in [-0.15, -0.1) is 0 Å². The summed E-state index contributed by atoms with van der Waals surface area (Å²) >= 11 is 0. The number of alkyl halides is 3. The van der Waals surface area contributed by atoms with E-state index in [9.17, 15) is 22.8 Å². The van der Waals surface area contributed by atoms with E-state index in [2.05, 4.69) is 10.1 Å². The van der Waals surface area contributed by atoms with Gasteiger partial charge in [0.25, 0.3) is 11.3 Å². The second-order valence-electron chi connectivity index (χ2n) is 3.74. The van der Waals surface area contributed by atoms with Gasteiger partial charge < -0.3 is 10.1 Å². The Morgan fingerprint density at radius 1 is 1.33 bits per heavy atom. The van der Waals surface area contributed by atoms with Crippen molar-refractivity contribution in [3.8, 4) is 0 Å². The molecule has 18 heavy (non-hydrogen) atoms. The number of rotatable bonds is 1. The van der Waals surface area contributed by atoms with Gasteiger partial charge >= 0.3 is 12.1 Å². The summed E-state index contributed by atoms with van der Waals surface area (Å²) in [5.41, 5.74) is -3.75. The summed E-state index contributed by atoms with van der Waals surface area (Å²) in [6.45, 7) is 0. The molecule has 2 rings (SSSR count). The molecule has 7 heteroatoms. The predicted octanol–water partition coefficient (Wildman–Crippen LogP) is 1.61. The van der Waals surface area contributed by atoms with Gasteiger partial charge in [0.2, 0.25) is 0 Å². The first-order chi connectivity index (χ1) is 8.35. The smallest absolute Gasteiger partial charge is 0.417 e. The van der Waals surface area contributed by atoms with Gasteiger partial charge in [-0.05, 0) is 6.07 Å². The molecular formula is C11H8F3NO3. The standard InChI is InChI=1S/C11H8F3NO3/c1-18-9(17)10(11(12,13)14)6-4-2-3-5-7(6)15-8(10)16/h2-5H,1H3,(H,15,16). The SMILES string of the molecule is COC(=O)C1(C(F)(F)F)C(=O)Nc2ccccc21. The van der Waals surface area contributed by atoms with E-state index in [1.165, 1.54) is 18.2 Å². The quantitative estimate of drug-likeness (QED) is 0.615. The van der Waals surface area contributed by atoms with E-state index in [1.54, 1.807) is 0 Å². The van der Waals surface area contributed by atoms with Gasteiger partial charge in [-0.2, -0.15) is 13.2 Å². The highest BCUT2D eigenvalue weighted by atomic mass is 19.4. The first-order valence-corrected chi connectivity index (χ1v) is 4.91. The molecule has 0 bridgehead atoms. The summed E-state index contributed by atoms with van der Waals surface area (Å²) < 4.78 is 43.8. The number of hydrogen-bond donors (Lipinski definition) is 1. The number of amides is 1. The fraction of sp³-hybridized carbons (Fsp3) is 0.273. The van der Waals surface area contributed by atoms with Crippen LogP contribution in [-0.4, -0.2) is 25.2 Å². The number of carbonyl (C=O) groups excluding carboxylic acids is 2. The Morgan fingerprint density at radius 3 is 2.50 bits per heavy atom. The zero-order valence-corrected chi connectivity index (χ0v) is 9.17. The Kier molecular flexibility index (Phi) is 2.57. The van der Waals surface area contributed by atoms with Crippen LogP contribution in [0.5, 0.6) is 0 Å². The highest BCUT2D eigenvalue weighted by molar-refractivity contribution is 6.20. The molecule has 1 aliphatic rings. The van der Waals surface area contributed by atoms with Crippen molar-refractivity contribution in [3.05, 3.63) is 29.8 Å². The molecule has 4 nitrogen and oxygen atoms in total. The van der Waals surface area contributed by atoms with Crippen LogP contribution in [0.1, 0.15) is 5.56 Å². The van der Waals surface area contributed by atoms with Crippen molar-refractivity contribution in [1.82, 2.24) is 0 Å². The third kappa shape index (κ3) is 1.33. The van der Waals surface area contributed by atoms with Crippen LogP contribution in [0.3, 0.4) is 0 Å². The van der Waals surface area contributed by atoms with Crippen molar-refractivity contribution in [2.24, 2.45) is 0 Å². The molecule has 0 spiro atoms. The number of hydrogen-bond acceptors (Lipinski definition) is 3. The molecule has 0 aromatic heterocycles. The van der Waals surface area contributed by atoms with E-state index in [0.29, 0.717) is 0 Å². The highest BCUT2D eigenvalue weighted by Gasteiger charge is 2.71. The van der Waals surface area contributed by atoms with Gasteiger partial charge in [-0.1, -0.05) is 18.2 Å². The Labute approximate surface area is 99.7 Å². The lowest BCUT2D eigenvalue weighted by molar-refractivity contribution is -0.204. The average molecular weight is 259 g/mol. The number of carbonyl (C=O) groups is 2. The summed E-state index contributed by atoms with van der Waals surface area (Å²) in [6.07, 6.45) is -5.07. The van der Waals surface area contributed by atoms with Gasteiger partial charge in [0.05, 0.1) is 7.11 Å². The summed E-state index contributed by atoms with van der Waals surface area (Å²) in [6, 6.07) is 5.16. The zero-order valence-electron chi connectivity index (χ0n) is 9.17. The third-order valence-electron chi connectivity index (χ3n) is 2.84. The number of methoxy groups -OCH3 is 1. The van der Waals surface area contributed by atoms with Gasteiger partial charge in [0.1, 0.15) is 0 Å². The third-order valence-corrected chi connectivity index (χ3v) is 2.84. The van der Waals surface area contributed by atoms with Crippen LogP contribution in [0.25, 0.3) is 0 Å². The molecule has 1 heterocycles. The molecular weight excluding hydrogens is 251 g/mol. The van der Waals surface area contributed by atoms with E-state index in [4.69, 9.17) is 0 Å². The minimum Gasteiger partial charge on any atom is -0.468 e. The molecule has 96 valence electrons. The van der Waals surface area contributed by atoms with Crippen molar-refractivity contribution in [2.75, 3.05) is 12.4 Å². The highest BCUT2D eigenvalue weighted by Crippen LogP contribution is 2.49. The second kappa shape index (κ2) is 3.72. The van der Waals surface area contributed by atoms with Gasteiger partial charge in [-0.25, -0.2) is 0 Å². The summed E-state index contributed by atoms with van der Waals surface area (Å²) in [4.78, 5) is 23.2.